The van der Waals surface area contributed by atoms with Gasteiger partial charge >= 0.3 is 0 Å². The van der Waals surface area contributed by atoms with E-state index in [-0.39, 0.29) is 18.0 Å². The molecule has 1 aromatic rings. The molecule has 1 rings (SSSR count). The Morgan fingerprint density at radius 1 is 1.14 bits per heavy atom. The van der Waals surface area contributed by atoms with Crippen molar-refractivity contribution < 1.29 is 23.0 Å². The lowest BCUT2D eigenvalue weighted by molar-refractivity contribution is 0.252. The third-order valence-corrected chi connectivity index (χ3v) is 5.00. The maximum Gasteiger partial charge on any atom is 0.243 e. The minimum atomic E-state index is -3.66. The Morgan fingerprint density at radius 3 is 2.33 bits per heavy atom. The molecule has 1 N–H and O–H groups in total. The number of nitrogens with zero attached hydrogens (tertiary/aromatic N) is 1. The van der Waals surface area contributed by atoms with Crippen LogP contribution in [0.2, 0.25) is 0 Å². The summed E-state index contributed by atoms with van der Waals surface area (Å²) in [6.07, 6.45) is 1.62. The highest BCUT2D eigenvalue weighted by atomic mass is 32.2. The van der Waals surface area contributed by atoms with Gasteiger partial charge in [-0.05, 0) is 18.6 Å². The Hall–Kier alpha value is -1.31. The van der Waals surface area contributed by atoms with Crippen LogP contribution in [-0.4, -0.2) is 51.7 Å². The molecule has 6 nitrogen and oxygen atoms in total. The van der Waals surface area contributed by atoms with E-state index in [9.17, 15) is 8.42 Å². The number of sulfonamides is 1. The van der Waals surface area contributed by atoms with Gasteiger partial charge in [0.15, 0.2) is 11.5 Å². The van der Waals surface area contributed by atoms with Gasteiger partial charge in [-0.25, -0.2) is 8.42 Å². The van der Waals surface area contributed by atoms with Crippen LogP contribution < -0.4 is 9.47 Å². The van der Waals surface area contributed by atoms with Gasteiger partial charge in [0.25, 0.3) is 0 Å². The zero-order valence-electron chi connectivity index (χ0n) is 12.7. The number of unbranched alkanes of at least 4 members (excludes halogenated alkanes) is 1. The van der Waals surface area contributed by atoms with Crippen molar-refractivity contribution in [3.8, 4) is 11.5 Å². The third-order valence-electron chi connectivity index (χ3n) is 3.10. The number of methoxy groups -OCH3 is 2. The summed E-state index contributed by atoms with van der Waals surface area (Å²) in [7, 11) is -0.709. The molecule has 0 bridgehead atoms. The highest BCUT2D eigenvalue weighted by molar-refractivity contribution is 7.89. The van der Waals surface area contributed by atoms with E-state index in [0.717, 1.165) is 12.8 Å². The molecule has 7 heteroatoms. The largest absolute Gasteiger partial charge is 0.493 e. The molecule has 120 valence electrons. The molecule has 21 heavy (non-hydrogen) atoms. The van der Waals surface area contributed by atoms with E-state index in [2.05, 4.69) is 0 Å². The molecule has 0 aliphatic rings. The predicted octanol–water partition coefficient (Wildman–Crippen LogP) is 1.49. The normalized spacial score (nSPS) is 11.7. The van der Waals surface area contributed by atoms with Crippen molar-refractivity contribution in [3.63, 3.8) is 0 Å². The first-order chi connectivity index (χ1) is 10.0. The minimum Gasteiger partial charge on any atom is -0.493 e. The average molecular weight is 317 g/mol. The second-order valence-electron chi connectivity index (χ2n) is 4.50. The molecule has 0 aromatic heterocycles. The van der Waals surface area contributed by atoms with Crippen LogP contribution in [0.1, 0.15) is 19.8 Å². The molecule has 0 saturated heterocycles. The Kier molecular flexibility index (Phi) is 6.94. The van der Waals surface area contributed by atoms with Gasteiger partial charge in [-0.15, -0.1) is 0 Å². The van der Waals surface area contributed by atoms with E-state index < -0.39 is 10.0 Å². The van der Waals surface area contributed by atoms with Crippen LogP contribution in [-0.2, 0) is 10.0 Å². The molecule has 0 spiro atoms. The molecule has 0 aliphatic carbocycles. The first kappa shape index (κ1) is 17.7. The molecular formula is C14H23NO5S. The van der Waals surface area contributed by atoms with Gasteiger partial charge in [-0.1, -0.05) is 13.3 Å². The topological polar surface area (TPSA) is 76.1 Å². The van der Waals surface area contributed by atoms with Crippen LogP contribution >= 0.6 is 0 Å². The standard InChI is InChI=1S/C14H23NO5S/c1-4-5-8-15(9-10-16)21(17,18)12-6-7-13(19-2)14(11-12)20-3/h6-7,11,16H,4-5,8-10H2,1-3H3. The summed E-state index contributed by atoms with van der Waals surface area (Å²) in [4.78, 5) is 0.129. The minimum absolute atomic E-state index is 0.0800. The highest BCUT2D eigenvalue weighted by Crippen LogP contribution is 2.30. The Balaban J connectivity index is 3.14. The van der Waals surface area contributed by atoms with E-state index in [4.69, 9.17) is 14.6 Å². The lowest BCUT2D eigenvalue weighted by atomic mass is 10.3. The molecular weight excluding hydrogens is 294 g/mol. The van der Waals surface area contributed by atoms with Crippen molar-refractivity contribution in [2.45, 2.75) is 24.7 Å². The molecule has 0 saturated carbocycles. The number of benzene rings is 1. The summed E-state index contributed by atoms with van der Waals surface area (Å²) < 4.78 is 36.8. The van der Waals surface area contributed by atoms with Crippen LogP contribution in [0.25, 0.3) is 0 Å². The SMILES string of the molecule is CCCCN(CCO)S(=O)(=O)c1ccc(OC)c(OC)c1. The highest BCUT2D eigenvalue weighted by Gasteiger charge is 2.24. The van der Waals surface area contributed by atoms with Crippen molar-refractivity contribution in [2.24, 2.45) is 0 Å². The molecule has 0 unspecified atom stereocenters. The molecule has 1 aromatic carbocycles. The van der Waals surface area contributed by atoms with Gasteiger partial charge < -0.3 is 14.6 Å². The molecule has 0 amide bonds. The number of rotatable bonds is 9. The quantitative estimate of drug-likeness (QED) is 0.747. The summed E-state index contributed by atoms with van der Waals surface area (Å²) in [5.74, 6) is 0.830. The van der Waals surface area contributed by atoms with E-state index >= 15 is 0 Å². The molecule has 0 atom stereocenters. The second kappa shape index (κ2) is 8.21. The maximum atomic E-state index is 12.6. The molecule has 0 heterocycles. The number of ether oxygens (including phenoxy) is 2. The van der Waals surface area contributed by atoms with Crippen molar-refractivity contribution >= 4 is 10.0 Å². The number of aliphatic hydroxyl groups excluding tert-OH is 1. The zero-order chi connectivity index (χ0) is 15.9. The fourth-order valence-corrected chi connectivity index (χ4v) is 3.41. The fraction of sp³-hybridized carbons (Fsp3) is 0.571. The smallest absolute Gasteiger partial charge is 0.243 e. The van der Waals surface area contributed by atoms with E-state index in [1.54, 1.807) is 6.07 Å². The fourth-order valence-electron chi connectivity index (χ4n) is 1.92. The molecule has 0 radical (unpaired) electrons. The number of aliphatic hydroxyl groups is 1. The van der Waals surface area contributed by atoms with Crippen LogP contribution in [0, 0.1) is 0 Å². The summed E-state index contributed by atoms with van der Waals surface area (Å²) in [6.45, 7) is 2.24. The van der Waals surface area contributed by atoms with E-state index in [1.165, 1.54) is 30.7 Å². The van der Waals surface area contributed by atoms with Gasteiger partial charge in [-0.3, -0.25) is 0 Å². The number of hydrogen-bond donors (Lipinski definition) is 1. The van der Waals surface area contributed by atoms with Crippen molar-refractivity contribution in [1.29, 1.82) is 0 Å². The lowest BCUT2D eigenvalue weighted by Crippen LogP contribution is -2.34. The maximum absolute atomic E-state index is 12.6. The van der Waals surface area contributed by atoms with Gasteiger partial charge in [0, 0.05) is 19.2 Å². The van der Waals surface area contributed by atoms with Crippen LogP contribution in [0.3, 0.4) is 0 Å². The third kappa shape index (κ3) is 4.33. The van der Waals surface area contributed by atoms with Gasteiger partial charge in [-0.2, -0.15) is 4.31 Å². The Labute approximate surface area is 126 Å². The van der Waals surface area contributed by atoms with Crippen molar-refractivity contribution in [3.05, 3.63) is 18.2 Å². The van der Waals surface area contributed by atoms with Crippen LogP contribution in [0.5, 0.6) is 11.5 Å². The summed E-state index contributed by atoms with van der Waals surface area (Å²) in [5, 5.41) is 9.08. The van der Waals surface area contributed by atoms with Gasteiger partial charge in [0.05, 0.1) is 25.7 Å². The Morgan fingerprint density at radius 2 is 1.81 bits per heavy atom. The lowest BCUT2D eigenvalue weighted by Gasteiger charge is -2.21. The van der Waals surface area contributed by atoms with Crippen molar-refractivity contribution in [1.82, 2.24) is 4.31 Å². The summed E-state index contributed by atoms with van der Waals surface area (Å²) in [6, 6.07) is 4.47. The van der Waals surface area contributed by atoms with E-state index in [1.807, 2.05) is 6.92 Å². The first-order valence-electron chi connectivity index (χ1n) is 6.84. The first-order valence-corrected chi connectivity index (χ1v) is 8.28. The predicted molar refractivity (Wildman–Crippen MR) is 80.3 cm³/mol. The average Bonchev–Trinajstić information content (AvgIpc) is 2.50. The Bertz CT molecular complexity index is 544. The van der Waals surface area contributed by atoms with Gasteiger partial charge in [0.2, 0.25) is 10.0 Å². The summed E-state index contributed by atoms with van der Waals surface area (Å²) in [5.41, 5.74) is 0. The number of hydrogen-bond acceptors (Lipinski definition) is 5. The van der Waals surface area contributed by atoms with E-state index in [0.29, 0.717) is 18.0 Å². The van der Waals surface area contributed by atoms with Crippen LogP contribution in [0.4, 0.5) is 0 Å². The second-order valence-corrected chi connectivity index (χ2v) is 6.44. The zero-order valence-corrected chi connectivity index (χ0v) is 13.5. The monoisotopic (exact) mass is 317 g/mol. The van der Waals surface area contributed by atoms with Gasteiger partial charge in [0.1, 0.15) is 0 Å². The van der Waals surface area contributed by atoms with Crippen molar-refractivity contribution in [2.75, 3.05) is 33.9 Å². The molecule has 0 fully saturated rings. The summed E-state index contributed by atoms with van der Waals surface area (Å²) >= 11 is 0. The van der Waals surface area contributed by atoms with Crippen LogP contribution in [0.15, 0.2) is 23.1 Å². The molecule has 0 aliphatic heterocycles.